The number of halogens is 2. The van der Waals surface area contributed by atoms with E-state index in [0.717, 1.165) is 24.7 Å². The maximum absolute atomic E-state index is 13.4. The molecule has 1 unspecified atom stereocenters. The Balaban J connectivity index is 2.20. The number of nitrogens with zero attached hydrogens (tertiary/aromatic N) is 3. The van der Waals surface area contributed by atoms with Gasteiger partial charge in [-0.1, -0.05) is 6.07 Å². The van der Waals surface area contributed by atoms with Gasteiger partial charge in [-0.25, -0.2) is 8.78 Å². The molecule has 1 N–H and O–H groups in total. The van der Waals surface area contributed by atoms with E-state index in [1.54, 1.807) is 0 Å². The lowest BCUT2D eigenvalue weighted by molar-refractivity contribution is -0.389. The Kier molecular flexibility index (Phi) is 3.52. The van der Waals surface area contributed by atoms with Crippen molar-refractivity contribution in [1.29, 1.82) is 0 Å². The van der Waals surface area contributed by atoms with Gasteiger partial charge in [-0.3, -0.25) is 0 Å². The van der Waals surface area contributed by atoms with E-state index >= 15 is 0 Å². The second kappa shape index (κ2) is 5.11. The van der Waals surface area contributed by atoms with E-state index in [1.807, 2.05) is 0 Å². The number of aliphatic hydroxyl groups excluding tert-OH is 1. The molecule has 100 valence electrons. The molecular formula is C11H9F2N3O3. The van der Waals surface area contributed by atoms with Crippen molar-refractivity contribution in [2.24, 2.45) is 0 Å². The highest BCUT2D eigenvalue weighted by Gasteiger charge is 2.19. The van der Waals surface area contributed by atoms with Crippen LogP contribution in [-0.2, 0) is 6.54 Å². The van der Waals surface area contributed by atoms with Crippen LogP contribution in [0.5, 0.6) is 0 Å². The molecule has 6 nitrogen and oxygen atoms in total. The fourth-order valence-corrected chi connectivity index (χ4v) is 1.66. The number of hydrogen-bond donors (Lipinski definition) is 1. The van der Waals surface area contributed by atoms with Gasteiger partial charge >= 0.3 is 5.82 Å². The molecule has 1 aromatic heterocycles. The summed E-state index contributed by atoms with van der Waals surface area (Å²) in [5.74, 6) is -2.15. The summed E-state index contributed by atoms with van der Waals surface area (Å²) in [6.07, 6.45) is 0.720. The molecule has 0 amide bonds. The van der Waals surface area contributed by atoms with E-state index in [0.29, 0.717) is 0 Å². The predicted molar refractivity (Wildman–Crippen MR) is 60.2 cm³/mol. The first kappa shape index (κ1) is 13.1. The van der Waals surface area contributed by atoms with Crippen LogP contribution >= 0.6 is 0 Å². The molecule has 0 saturated carbocycles. The van der Waals surface area contributed by atoms with Crippen LogP contribution in [0.2, 0.25) is 0 Å². The van der Waals surface area contributed by atoms with E-state index in [4.69, 9.17) is 0 Å². The monoisotopic (exact) mass is 269 g/mol. The molecule has 0 aliphatic rings. The predicted octanol–water partition coefficient (Wildman–Crippen LogP) is 1.80. The number of benzene rings is 1. The number of rotatable bonds is 4. The lowest BCUT2D eigenvalue weighted by Gasteiger charge is -2.12. The Hall–Kier alpha value is -2.35. The van der Waals surface area contributed by atoms with Crippen molar-refractivity contribution < 1.29 is 18.8 Å². The van der Waals surface area contributed by atoms with Gasteiger partial charge < -0.3 is 19.8 Å². The van der Waals surface area contributed by atoms with Crippen molar-refractivity contribution in [2.75, 3.05) is 0 Å². The SMILES string of the molecule is O=[N+]([O-])c1cn(CC(O)c2c(F)cccc2F)cn1. The van der Waals surface area contributed by atoms with Crippen LogP contribution in [0.3, 0.4) is 0 Å². The highest BCUT2D eigenvalue weighted by molar-refractivity contribution is 5.22. The first-order valence-corrected chi connectivity index (χ1v) is 5.27. The normalized spacial score (nSPS) is 12.4. The van der Waals surface area contributed by atoms with Crippen LogP contribution in [0.4, 0.5) is 14.6 Å². The van der Waals surface area contributed by atoms with Gasteiger partial charge in [-0.2, -0.15) is 0 Å². The van der Waals surface area contributed by atoms with Gasteiger partial charge in [0.25, 0.3) is 0 Å². The topological polar surface area (TPSA) is 81.2 Å². The molecular weight excluding hydrogens is 260 g/mol. The molecule has 19 heavy (non-hydrogen) atoms. The largest absolute Gasteiger partial charge is 0.386 e. The van der Waals surface area contributed by atoms with Gasteiger partial charge in [0, 0.05) is 0 Å². The third kappa shape index (κ3) is 2.74. The maximum Gasteiger partial charge on any atom is 0.381 e. The average molecular weight is 269 g/mol. The van der Waals surface area contributed by atoms with Crippen molar-refractivity contribution in [2.45, 2.75) is 12.6 Å². The van der Waals surface area contributed by atoms with E-state index in [-0.39, 0.29) is 6.54 Å². The summed E-state index contributed by atoms with van der Waals surface area (Å²) in [6.45, 7) is -0.237. The molecule has 1 heterocycles. The lowest BCUT2D eigenvalue weighted by atomic mass is 10.1. The molecule has 2 aromatic rings. The molecule has 0 saturated heterocycles. The minimum Gasteiger partial charge on any atom is -0.386 e. The molecule has 1 atom stereocenters. The first-order chi connectivity index (χ1) is 8.99. The Morgan fingerprint density at radius 3 is 2.58 bits per heavy atom. The average Bonchev–Trinajstić information content (AvgIpc) is 2.77. The fourth-order valence-electron chi connectivity index (χ4n) is 1.66. The summed E-state index contributed by atoms with van der Waals surface area (Å²) in [4.78, 5) is 13.2. The summed E-state index contributed by atoms with van der Waals surface area (Å²) < 4.78 is 28.0. The van der Waals surface area contributed by atoms with Crippen LogP contribution in [0.15, 0.2) is 30.7 Å². The van der Waals surface area contributed by atoms with Gasteiger partial charge in [-0.05, 0) is 22.0 Å². The standard InChI is InChI=1S/C11H9F2N3O3/c12-7-2-1-3-8(13)11(7)9(17)4-15-5-10(14-6-15)16(18)19/h1-3,5-6,9,17H,4H2. The third-order valence-electron chi connectivity index (χ3n) is 2.52. The molecule has 1 aromatic carbocycles. The van der Waals surface area contributed by atoms with Gasteiger partial charge in [0.15, 0.2) is 0 Å². The van der Waals surface area contributed by atoms with Crippen LogP contribution in [0.25, 0.3) is 0 Å². The minimum absolute atomic E-state index is 0.237. The maximum atomic E-state index is 13.4. The van der Waals surface area contributed by atoms with E-state index < -0.39 is 34.0 Å². The number of nitro groups is 1. The van der Waals surface area contributed by atoms with Crippen molar-refractivity contribution in [3.05, 3.63) is 58.0 Å². The molecule has 0 spiro atoms. The zero-order valence-corrected chi connectivity index (χ0v) is 9.53. The van der Waals surface area contributed by atoms with Gasteiger partial charge in [-0.15, -0.1) is 0 Å². The van der Waals surface area contributed by atoms with Crippen molar-refractivity contribution >= 4 is 5.82 Å². The quantitative estimate of drug-likeness (QED) is 0.677. The number of imidazole rings is 1. The number of aliphatic hydroxyl groups is 1. The van der Waals surface area contributed by atoms with Gasteiger partial charge in [0.2, 0.25) is 6.33 Å². The summed E-state index contributed by atoms with van der Waals surface area (Å²) in [5, 5.41) is 20.2. The molecule has 0 aliphatic heterocycles. The van der Waals surface area contributed by atoms with Crippen molar-refractivity contribution in [3.63, 3.8) is 0 Å². The van der Waals surface area contributed by atoms with Gasteiger partial charge in [0.05, 0.1) is 12.1 Å². The van der Waals surface area contributed by atoms with Crippen molar-refractivity contribution in [3.8, 4) is 0 Å². The highest BCUT2D eigenvalue weighted by atomic mass is 19.1. The lowest BCUT2D eigenvalue weighted by Crippen LogP contribution is -2.11. The molecule has 0 radical (unpaired) electrons. The Morgan fingerprint density at radius 1 is 1.42 bits per heavy atom. The molecule has 0 fully saturated rings. The smallest absolute Gasteiger partial charge is 0.381 e. The number of hydrogen-bond acceptors (Lipinski definition) is 4. The van der Waals surface area contributed by atoms with E-state index in [1.165, 1.54) is 10.6 Å². The summed E-state index contributed by atoms with van der Waals surface area (Å²) >= 11 is 0. The second-order valence-electron chi connectivity index (χ2n) is 3.84. The Morgan fingerprint density at radius 2 is 2.05 bits per heavy atom. The molecule has 2 rings (SSSR count). The van der Waals surface area contributed by atoms with Crippen LogP contribution in [0, 0.1) is 21.7 Å². The molecule has 0 bridgehead atoms. The minimum atomic E-state index is -1.46. The Bertz CT molecular complexity index is 595. The van der Waals surface area contributed by atoms with Crippen LogP contribution < -0.4 is 0 Å². The summed E-state index contributed by atoms with van der Waals surface area (Å²) in [6, 6.07) is 3.24. The molecule has 8 heteroatoms. The van der Waals surface area contributed by atoms with Crippen molar-refractivity contribution in [1.82, 2.24) is 9.55 Å². The fraction of sp³-hybridized carbons (Fsp3) is 0.182. The van der Waals surface area contributed by atoms with Crippen LogP contribution in [0.1, 0.15) is 11.7 Å². The van der Waals surface area contributed by atoms with E-state index in [9.17, 15) is 24.0 Å². The second-order valence-corrected chi connectivity index (χ2v) is 3.84. The Labute approximate surface area is 106 Å². The first-order valence-electron chi connectivity index (χ1n) is 5.27. The summed E-state index contributed by atoms with van der Waals surface area (Å²) in [7, 11) is 0. The van der Waals surface area contributed by atoms with Gasteiger partial charge in [0.1, 0.15) is 23.9 Å². The highest BCUT2D eigenvalue weighted by Crippen LogP contribution is 2.22. The third-order valence-corrected chi connectivity index (χ3v) is 2.52. The molecule has 0 aliphatic carbocycles. The zero-order valence-electron chi connectivity index (χ0n) is 9.53. The number of aromatic nitrogens is 2. The van der Waals surface area contributed by atoms with Crippen LogP contribution in [-0.4, -0.2) is 19.6 Å². The van der Waals surface area contributed by atoms with E-state index in [2.05, 4.69) is 4.98 Å². The zero-order chi connectivity index (χ0) is 14.0. The summed E-state index contributed by atoms with van der Waals surface area (Å²) in [5.41, 5.74) is -0.473.